The van der Waals surface area contributed by atoms with Crippen molar-refractivity contribution in [2.75, 3.05) is 13.7 Å². The third kappa shape index (κ3) is 6.48. The summed E-state index contributed by atoms with van der Waals surface area (Å²) in [6.45, 7) is 5.91. The number of halogens is 2. The maximum absolute atomic E-state index is 11.7. The average Bonchev–Trinajstić information content (AvgIpc) is 3.23. The average molecular weight is 618 g/mol. The zero-order chi connectivity index (χ0) is 27.4. The van der Waals surface area contributed by atoms with Gasteiger partial charge in [-0.2, -0.15) is 0 Å². The van der Waals surface area contributed by atoms with E-state index in [1.165, 1.54) is 24.4 Å². The zero-order valence-corrected chi connectivity index (χ0v) is 24.4. The molecule has 0 unspecified atom stereocenters. The van der Waals surface area contributed by atoms with Crippen molar-refractivity contribution >= 4 is 39.3 Å². The van der Waals surface area contributed by atoms with Gasteiger partial charge in [0.1, 0.15) is 17.7 Å². The first kappa shape index (κ1) is 27.9. The van der Waals surface area contributed by atoms with Gasteiger partial charge in [0.2, 0.25) is 6.54 Å². The van der Waals surface area contributed by atoms with Gasteiger partial charge in [0.25, 0.3) is 0 Å². The molecule has 0 radical (unpaired) electrons. The van der Waals surface area contributed by atoms with E-state index < -0.39 is 5.25 Å². The van der Waals surface area contributed by atoms with Crippen molar-refractivity contribution < 1.29 is 14.4 Å². The summed E-state index contributed by atoms with van der Waals surface area (Å²) in [6.07, 6.45) is 0. The van der Waals surface area contributed by atoms with E-state index in [4.69, 9.17) is 21.1 Å². The Morgan fingerprint density at radius 2 is 1.89 bits per heavy atom. The number of hydrogen-bond acceptors (Lipinski definition) is 7. The van der Waals surface area contributed by atoms with Crippen LogP contribution in [0.3, 0.4) is 0 Å². The number of benzene rings is 3. The molecule has 8 nitrogen and oxygen atoms in total. The minimum Gasteiger partial charge on any atom is -0.493 e. The van der Waals surface area contributed by atoms with Gasteiger partial charge in [0, 0.05) is 15.6 Å². The van der Waals surface area contributed by atoms with Gasteiger partial charge in [-0.1, -0.05) is 41.6 Å². The van der Waals surface area contributed by atoms with Gasteiger partial charge >= 0.3 is 0 Å². The highest BCUT2D eigenvalue weighted by Crippen LogP contribution is 2.43. The van der Waals surface area contributed by atoms with Gasteiger partial charge < -0.3 is 9.47 Å². The van der Waals surface area contributed by atoms with Gasteiger partial charge in [-0.05, 0) is 95.4 Å². The van der Waals surface area contributed by atoms with Crippen LogP contribution in [0.5, 0.6) is 11.5 Å². The molecule has 38 heavy (non-hydrogen) atoms. The molecule has 0 aliphatic heterocycles. The summed E-state index contributed by atoms with van der Waals surface area (Å²) >= 11 is 10.9. The Bertz CT molecular complexity index is 1480. The van der Waals surface area contributed by atoms with Crippen LogP contribution in [0.15, 0.2) is 64.2 Å². The molecule has 0 saturated heterocycles. The van der Waals surface area contributed by atoms with Gasteiger partial charge in [-0.3, -0.25) is 14.7 Å². The number of rotatable bonds is 10. The SMILES string of the molecule is COc1cc([C@@H](C[N+](=O)[O-])Sc2nnc(C)n2-c2ccc(C)c(C)c2)cc(Br)c1OCc1cccc(Cl)c1. The Labute approximate surface area is 238 Å². The van der Waals surface area contributed by atoms with Crippen LogP contribution < -0.4 is 9.47 Å². The molecule has 198 valence electrons. The number of nitro groups is 1. The number of methoxy groups -OCH3 is 1. The van der Waals surface area contributed by atoms with Crippen LogP contribution >= 0.6 is 39.3 Å². The molecule has 0 saturated carbocycles. The highest BCUT2D eigenvalue weighted by atomic mass is 79.9. The number of hydrogen-bond donors (Lipinski definition) is 0. The van der Waals surface area contributed by atoms with Crippen molar-refractivity contribution in [2.45, 2.75) is 37.8 Å². The molecule has 0 fully saturated rings. The second-order valence-corrected chi connectivity index (χ2v) is 11.2. The summed E-state index contributed by atoms with van der Waals surface area (Å²) in [4.78, 5) is 11.4. The van der Waals surface area contributed by atoms with Crippen LogP contribution in [0.2, 0.25) is 5.02 Å². The van der Waals surface area contributed by atoms with E-state index in [-0.39, 0.29) is 18.1 Å². The molecule has 4 rings (SSSR count). The molecule has 0 aliphatic rings. The number of thioether (sulfide) groups is 1. The van der Waals surface area contributed by atoms with Gasteiger partial charge in [-0.25, -0.2) is 0 Å². The van der Waals surface area contributed by atoms with E-state index in [2.05, 4.69) is 39.1 Å². The Kier molecular flexibility index (Phi) is 8.96. The third-order valence-corrected chi connectivity index (χ3v) is 8.01. The van der Waals surface area contributed by atoms with Crippen LogP contribution in [0.25, 0.3) is 5.69 Å². The summed E-state index contributed by atoms with van der Waals surface area (Å²) in [5, 5.41) is 20.9. The van der Waals surface area contributed by atoms with Gasteiger partial charge in [-0.15, -0.1) is 10.2 Å². The third-order valence-electron chi connectivity index (χ3n) is 6.00. The zero-order valence-electron chi connectivity index (χ0n) is 21.3. The lowest BCUT2D eigenvalue weighted by Crippen LogP contribution is -2.12. The molecule has 0 N–H and O–H groups in total. The first-order chi connectivity index (χ1) is 18.2. The molecule has 3 aromatic carbocycles. The molecule has 0 aliphatic carbocycles. The van der Waals surface area contributed by atoms with Crippen molar-refractivity contribution in [3.8, 4) is 17.2 Å². The predicted octanol–water partition coefficient (Wildman–Crippen LogP) is 7.31. The maximum Gasteiger partial charge on any atom is 0.220 e. The van der Waals surface area contributed by atoms with Crippen molar-refractivity contribution in [1.29, 1.82) is 0 Å². The first-order valence-corrected chi connectivity index (χ1v) is 13.7. The van der Waals surface area contributed by atoms with Crippen LogP contribution in [0, 0.1) is 30.9 Å². The molecular weight excluding hydrogens is 592 g/mol. The lowest BCUT2D eigenvalue weighted by Gasteiger charge is -2.18. The number of aromatic nitrogens is 3. The molecule has 1 heterocycles. The standard InChI is InChI=1S/C27H26BrClN4O4S/c1-16-8-9-22(10-17(16)2)33-18(3)30-31-27(33)38-25(14-32(34)35)20-12-23(28)26(24(13-20)36-4)37-15-19-6-5-7-21(29)11-19/h5-13,25H,14-15H2,1-4H3/t25-/m1/s1. The second kappa shape index (κ2) is 12.2. The van der Waals surface area contributed by atoms with Crippen molar-refractivity contribution in [3.05, 3.63) is 102 Å². The summed E-state index contributed by atoms with van der Waals surface area (Å²) in [5.41, 5.74) is 4.81. The molecular formula is C27H26BrClN4O4S. The fourth-order valence-electron chi connectivity index (χ4n) is 3.90. The fourth-order valence-corrected chi connectivity index (χ4v) is 5.84. The van der Waals surface area contributed by atoms with Crippen molar-refractivity contribution in [2.24, 2.45) is 0 Å². The maximum atomic E-state index is 11.7. The molecule has 0 spiro atoms. The monoisotopic (exact) mass is 616 g/mol. The second-order valence-electron chi connectivity index (χ2n) is 8.71. The van der Waals surface area contributed by atoms with Crippen LogP contribution in [0.4, 0.5) is 0 Å². The highest BCUT2D eigenvalue weighted by molar-refractivity contribution is 9.10. The summed E-state index contributed by atoms with van der Waals surface area (Å²) in [5.74, 6) is 1.64. The van der Waals surface area contributed by atoms with Crippen molar-refractivity contribution in [3.63, 3.8) is 0 Å². The Hall–Kier alpha value is -3.08. The molecule has 11 heteroatoms. The van der Waals surface area contributed by atoms with Crippen LogP contribution in [-0.4, -0.2) is 33.3 Å². The van der Waals surface area contributed by atoms with Crippen LogP contribution in [0.1, 0.15) is 33.3 Å². The largest absolute Gasteiger partial charge is 0.493 e. The molecule has 0 bridgehead atoms. The van der Waals surface area contributed by atoms with E-state index in [9.17, 15) is 10.1 Å². The Morgan fingerprint density at radius 3 is 2.58 bits per heavy atom. The minimum absolute atomic E-state index is 0.278. The summed E-state index contributed by atoms with van der Waals surface area (Å²) < 4.78 is 14.2. The fraction of sp³-hybridized carbons (Fsp3) is 0.259. The molecule has 0 amide bonds. The minimum atomic E-state index is -0.564. The van der Waals surface area contributed by atoms with E-state index in [0.29, 0.717) is 37.5 Å². The lowest BCUT2D eigenvalue weighted by molar-refractivity contribution is -0.479. The normalized spacial score (nSPS) is 11.8. The van der Waals surface area contributed by atoms with Gasteiger partial charge in [0.05, 0.1) is 11.6 Å². The predicted molar refractivity (Wildman–Crippen MR) is 153 cm³/mol. The van der Waals surface area contributed by atoms with Gasteiger partial charge in [0.15, 0.2) is 16.7 Å². The first-order valence-electron chi connectivity index (χ1n) is 11.7. The Morgan fingerprint density at radius 1 is 1.11 bits per heavy atom. The van der Waals surface area contributed by atoms with Crippen molar-refractivity contribution in [1.82, 2.24) is 14.8 Å². The number of nitrogens with zero attached hydrogens (tertiary/aromatic N) is 4. The van der Waals surface area contributed by atoms with E-state index in [0.717, 1.165) is 16.8 Å². The topological polar surface area (TPSA) is 92.3 Å². The molecule has 1 atom stereocenters. The van der Waals surface area contributed by atoms with Crippen LogP contribution in [-0.2, 0) is 6.61 Å². The Balaban J connectivity index is 1.66. The summed E-state index contributed by atoms with van der Waals surface area (Å²) in [6, 6.07) is 17.1. The van der Waals surface area contributed by atoms with E-state index >= 15 is 0 Å². The highest BCUT2D eigenvalue weighted by Gasteiger charge is 2.26. The molecule has 4 aromatic rings. The quantitative estimate of drug-likeness (QED) is 0.105. The number of aryl methyl sites for hydroxylation is 3. The smallest absolute Gasteiger partial charge is 0.220 e. The lowest BCUT2D eigenvalue weighted by atomic mass is 10.1. The summed E-state index contributed by atoms with van der Waals surface area (Å²) in [7, 11) is 1.53. The van der Waals surface area contributed by atoms with E-state index in [1.54, 1.807) is 12.1 Å². The molecule has 1 aromatic heterocycles. The number of ether oxygens (including phenoxy) is 2. The van der Waals surface area contributed by atoms with E-state index in [1.807, 2.05) is 54.8 Å².